The van der Waals surface area contributed by atoms with Crippen LogP contribution < -0.4 is 0 Å². The Kier molecular flexibility index (Phi) is 58.3. The molecular formula is C67H116O6. The first kappa shape index (κ1) is 69.6. The molecule has 0 unspecified atom stereocenters. The number of esters is 3. The van der Waals surface area contributed by atoms with Crippen LogP contribution in [0.3, 0.4) is 0 Å². The highest BCUT2D eigenvalue weighted by Crippen LogP contribution is 2.17. The lowest BCUT2D eigenvalue weighted by Gasteiger charge is -2.18. The molecule has 0 saturated heterocycles. The first-order chi connectivity index (χ1) is 36.0. The van der Waals surface area contributed by atoms with Crippen molar-refractivity contribution >= 4 is 17.9 Å². The van der Waals surface area contributed by atoms with Gasteiger partial charge in [0.2, 0.25) is 0 Å². The van der Waals surface area contributed by atoms with Crippen molar-refractivity contribution in [1.29, 1.82) is 0 Å². The Labute approximate surface area is 452 Å². The topological polar surface area (TPSA) is 78.9 Å². The summed E-state index contributed by atoms with van der Waals surface area (Å²) in [4.78, 5) is 38.3. The van der Waals surface area contributed by atoms with Gasteiger partial charge in [-0.25, -0.2) is 0 Å². The van der Waals surface area contributed by atoms with Crippen molar-refractivity contribution in [3.63, 3.8) is 0 Å². The SMILES string of the molecule is CC/C=C\C/C=C\C/C=C\C/C=C\C/C=C\CCCC(=O)OC[C@H](COC(=O)CCCCCCCCCCCCCCCCCCCCCCC)OC(=O)CCCCCCCCC/C=C\C/C=C\CCCCC. The van der Waals surface area contributed by atoms with Gasteiger partial charge in [-0.1, -0.05) is 279 Å². The lowest BCUT2D eigenvalue weighted by atomic mass is 10.0. The average molecular weight is 1020 g/mol. The van der Waals surface area contributed by atoms with Crippen molar-refractivity contribution < 1.29 is 28.6 Å². The van der Waals surface area contributed by atoms with E-state index in [9.17, 15) is 14.4 Å². The summed E-state index contributed by atoms with van der Waals surface area (Å²) < 4.78 is 16.9. The molecule has 420 valence electrons. The summed E-state index contributed by atoms with van der Waals surface area (Å²) in [6, 6.07) is 0. The zero-order valence-electron chi connectivity index (χ0n) is 48.1. The molecule has 0 amide bonds. The van der Waals surface area contributed by atoms with E-state index in [-0.39, 0.29) is 37.5 Å². The van der Waals surface area contributed by atoms with Crippen LogP contribution in [-0.2, 0) is 28.6 Å². The Bertz CT molecular complexity index is 1400. The van der Waals surface area contributed by atoms with E-state index < -0.39 is 6.10 Å². The Balaban J connectivity index is 4.42. The first-order valence-corrected chi connectivity index (χ1v) is 31.1. The minimum Gasteiger partial charge on any atom is -0.462 e. The van der Waals surface area contributed by atoms with Crippen molar-refractivity contribution in [1.82, 2.24) is 0 Å². The molecular weight excluding hydrogens is 901 g/mol. The van der Waals surface area contributed by atoms with Gasteiger partial charge in [0.25, 0.3) is 0 Å². The highest BCUT2D eigenvalue weighted by Gasteiger charge is 2.19. The van der Waals surface area contributed by atoms with Crippen molar-refractivity contribution in [2.75, 3.05) is 13.2 Å². The van der Waals surface area contributed by atoms with Gasteiger partial charge in [-0.2, -0.15) is 0 Å². The lowest BCUT2D eigenvalue weighted by Crippen LogP contribution is -2.30. The number of carbonyl (C=O) groups excluding carboxylic acids is 3. The van der Waals surface area contributed by atoms with Gasteiger partial charge in [0, 0.05) is 19.3 Å². The molecule has 0 saturated carbocycles. The Morgan fingerprint density at radius 1 is 0.288 bits per heavy atom. The number of allylic oxidation sites excluding steroid dienone is 14. The summed E-state index contributed by atoms with van der Waals surface area (Å²) in [6.45, 7) is 6.48. The zero-order chi connectivity index (χ0) is 52.9. The molecule has 0 aromatic rings. The Morgan fingerprint density at radius 3 is 0.918 bits per heavy atom. The fourth-order valence-corrected chi connectivity index (χ4v) is 8.75. The van der Waals surface area contributed by atoms with Crippen molar-refractivity contribution in [2.24, 2.45) is 0 Å². The van der Waals surface area contributed by atoms with Crippen LogP contribution in [-0.4, -0.2) is 37.2 Å². The molecule has 73 heavy (non-hydrogen) atoms. The van der Waals surface area contributed by atoms with Crippen LogP contribution in [0.25, 0.3) is 0 Å². The molecule has 0 aliphatic heterocycles. The van der Waals surface area contributed by atoms with Crippen LogP contribution >= 0.6 is 0 Å². The maximum atomic E-state index is 12.9. The van der Waals surface area contributed by atoms with E-state index in [2.05, 4.69) is 106 Å². The molecule has 0 spiro atoms. The summed E-state index contributed by atoms with van der Waals surface area (Å²) in [5.74, 6) is -0.952. The minimum absolute atomic E-state index is 0.0952. The van der Waals surface area contributed by atoms with E-state index in [0.717, 1.165) is 89.9 Å². The minimum atomic E-state index is -0.804. The molecule has 6 heteroatoms. The molecule has 0 aromatic carbocycles. The van der Waals surface area contributed by atoms with E-state index in [4.69, 9.17) is 14.2 Å². The Morgan fingerprint density at radius 2 is 0.548 bits per heavy atom. The van der Waals surface area contributed by atoms with Gasteiger partial charge in [-0.3, -0.25) is 14.4 Å². The van der Waals surface area contributed by atoms with E-state index in [1.165, 1.54) is 167 Å². The molecule has 6 nitrogen and oxygen atoms in total. The van der Waals surface area contributed by atoms with Gasteiger partial charge in [0.1, 0.15) is 13.2 Å². The third-order valence-corrected chi connectivity index (χ3v) is 13.4. The number of hydrogen-bond acceptors (Lipinski definition) is 6. The zero-order valence-corrected chi connectivity index (χ0v) is 48.1. The highest BCUT2D eigenvalue weighted by atomic mass is 16.6. The molecule has 0 aliphatic carbocycles. The fraction of sp³-hybridized carbons (Fsp3) is 0.746. The summed E-state index contributed by atoms with van der Waals surface area (Å²) in [6.07, 6.45) is 80.2. The quantitative estimate of drug-likeness (QED) is 0.0261. The Hall–Kier alpha value is -3.41. The van der Waals surface area contributed by atoms with Gasteiger partial charge in [0.15, 0.2) is 6.10 Å². The number of carbonyl (C=O) groups is 3. The fourth-order valence-electron chi connectivity index (χ4n) is 8.75. The number of rotatable bonds is 56. The van der Waals surface area contributed by atoms with Crippen LogP contribution in [0.1, 0.15) is 303 Å². The van der Waals surface area contributed by atoms with Gasteiger partial charge in [0.05, 0.1) is 0 Å². The van der Waals surface area contributed by atoms with Crippen LogP contribution in [0.2, 0.25) is 0 Å². The van der Waals surface area contributed by atoms with Gasteiger partial charge < -0.3 is 14.2 Å². The molecule has 0 rings (SSSR count). The van der Waals surface area contributed by atoms with Crippen molar-refractivity contribution in [3.05, 3.63) is 85.1 Å². The highest BCUT2D eigenvalue weighted by molar-refractivity contribution is 5.71. The molecule has 0 aliphatic rings. The smallest absolute Gasteiger partial charge is 0.306 e. The second-order valence-electron chi connectivity index (χ2n) is 20.6. The summed E-state index contributed by atoms with van der Waals surface area (Å²) >= 11 is 0. The normalized spacial score (nSPS) is 12.6. The van der Waals surface area contributed by atoms with E-state index in [1.807, 2.05) is 0 Å². The van der Waals surface area contributed by atoms with E-state index in [0.29, 0.717) is 19.3 Å². The maximum absolute atomic E-state index is 12.9. The summed E-state index contributed by atoms with van der Waals surface area (Å²) in [7, 11) is 0. The molecule has 0 heterocycles. The van der Waals surface area contributed by atoms with Crippen LogP contribution in [0.15, 0.2) is 85.1 Å². The number of ether oxygens (including phenoxy) is 3. The number of unbranched alkanes of at least 4 members (excludes halogenated alkanes) is 31. The third-order valence-electron chi connectivity index (χ3n) is 13.4. The molecule has 0 aromatic heterocycles. The van der Waals surface area contributed by atoms with E-state index in [1.54, 1.807) is 0 Å². The molecule has 0 fully saturated rings. The molecule has 0 bridgehead atoms. The lowest BCUT2D eigenvalue weighted by molar-refractivity contribution is -0.167. The largest absolute Gasteiger partial charge is 0.462 e. The van der Waals surface area contributed by atoms with E-state index >= 15 is 0 Å². The van der Waals surface area contributed by atoms with Crippen molar-refractivity contribution in [3.8, 4) is 0 Å². The third kappa shape index (κ3) is 59.3. The summed E-state index contributed by atoms with van der Waals surface area (Å²) in [5, 5.41) is 0. The van der Waals surface area contributed by atoms with Gasteiger partial charge in [-0.15, -0.1) is 0 Å². The average Bonchev–Trinajstić information content (AvgIpc) is 3.39. The summed E-state index contributed by atoms with van der Waals surface area (Å²) in [5.41, 5.74) is 0. The maximum Gasteiger partial charge on any atom is 0.306 e. The predicted molar refractivity (Wildman–Crippen MR) is 316 cm³/mol. The van der Waals surface area contributed by atoms with Crippen LogP contribution in [0.4, 0.5) is 0 Å². The van der Waals surface area contributed by atoms with Crippen LogP contribution in [0.5, 0.6) is 0 Å². The molecule has 1 atom stereocenters. The first-order valence-electron chi connectivity index (χ1n) is 31.1. The standard InChI is InChI=1S/C67H116O6/c1-4-7-10-13-16-19-22-25-28-31-32-33-34-37-39-42-45-48-51-54-57-60-66(69)72-63-64(73-67(70)61-58-55-52-49-46-43-40-36-30-27-24-21-18-15-12-9-6-3)62-71-65(68)59-56-53-50-47-44-41-38-35-29-26-23-20-17-14-11-8-5-2/h8,11,17-18,20-21,26-27,29-30,38,41,47,50,64H,4-7,9-10,12-16,19,22-25,28,31-37,39-40,42-46,48-49,51-63H2,1-3H3/b11-8-,20-17-,21-18-,29-26-,30-27-,41-38-,50-47-/t64-/m1/s1. The second kappa shape index (κ2) is 61.1. The van der Waals surface area contributed by atoms with Crippen molar-refractivity contribution in [2.45, 2.75) is 309 Å². The monoisotopic (exact) mass is 1020 g/mol. The molecule has 0 radical (unpaired) electrons. The van der Waals surface area contributed by atoms with Gasteiger partial charge in [-0.05, 0) is 89.9 Å². The van der Waals surface area contributed by atoms with Gasteiger partial charge >= 0.3 is 17.9 Å². The second-order valence-corrected chi connectivity index (χ2v) is 20.6. The predicted octanol–water partition coefficient (Wildman–Crippen LogP) is 21.1. The number of hydrogen-bond donors (Lipinski definition) is 0. The molecule has 0 N–H and O–H groups in total. The van der Waals surface area contributed by atoms with Crippen LogP contribution in [0, 0.1) is 0 Å².